The molecular weight excluding hydrogens is 297 g/mol. The highest BCUT2D eigenvalue weighted by atomic mass is 19.1. The lowest BCUT2D eigenvalue weighted by atomic mass is 10.1. The third-order valence-electron chi connectivity index (χ3n) is 3.49. The van der Waals surface area contributed by atoms with E-state index in [0.717, 1.165) is 11.1 Å². The molecule has 0 spiro atoms. The molecule has 0 atom stereocenters. The summed E-state index contributed by atoms with van der Waals surface area (Å²) in [5, 5.41) is 10.1. The number of anilines is 1. The Balaban J connectivity index is 1.78. The van der Waals surface area contributed by atoms with Gasteiger partial charge in [0.15, 0.2) is 0 Å². The summed E-state index contributed by atoms with van der Waals surface area (Å²) in [6.07, 6.45) is 0. The van der Waals surface area contributed by atoms with Crippen molar-refractivity contribution in [3.8, 4) is 11.5 Å². The number of rotatable bonds is 3. The largest absolute Gasteiger partial charge is 0.403 e. The van der Waals surface area contributed by atoms with Gasteiger partial charge in [-0.25, -0.2) is 4.39 Å². The van der Waals surface area contributed by atoms with Crippen LogP contribution in [-0.4, -0.2) is 16.1 Å². The zero-order valence-corrected chi connectivity index (χ0v) is 12.6. The first-order valence-corrected chi connectivity index (χ1v) is 7.01. The number of halogens is 1. The molecule has 3 aromatic rings. The van der Waals surface area contributed by atoms with Crippen LogP contribution in [-0.2, 0) is 0 Å². The quantitative estimate of drug-likeness (QED) is 0.800. The zero-order valence-electron chi connectivity index (χ0n) is 12.6. The second-order valence-electron chi connectivity index (χ2n) is 5.18. The molecule has 0 aliphatic heterocycles. The highest BCUT2D eigenvalue weighted by molar-refractivity contribution is 6.03. The minimum atomic E-state index is -0.401. The summed E-state index contributed by atoms with van der Waals surface area (Å²) < 4.78 is 18.6. The first-order valence-electron chi connectivity index (χ1n) is 7.01. The average Bonchev–Trinajstić information content (AvgIpc) is 2.98. The van der Waals surface area contributed by atoms with E-state index >= 15 is 0 Å². The molecule has 1 N–H and O–H groups in total. The number of aryl methyl sites for hydroxylation is 2. The van der Waals surface area contributed by atoms with Crippen molar-refractivity contribution < 1.29 is 13.6 Å². The van der Waals surface area contributed by atoms with Crippen LogP contribution in [0.3, 0.4) is 0 Å². The lowest BCUT2D eigenvalue weighted by molar-refractivity contribution is 0.102. The molecule has 1 heterocycles. The van der Waals surface area contributed by atoms with Gasteiger partial charge in [-0.3, -0.25) is 10.1 Å². The maximum absolute atomic E-state index is 13.2. The summed E-state index contributed by atoms with van der Waals surface area (Å²) in [6, 6.07) is 11.1. The van der Waals surface area contributed by atoms with Crippen LogP contribution >= 0.6 is 0 Å². The second kappa shape index (κ2) is 6.00. The van der Waals surface area contributed by atoms with Gasteiger partial charge in [0.05, 0.1) is 0 Å². The summed E-state index contributed by atoms with van der Waals surface area (Å²) >= 11 is 0. The van der Waals surface area contributed by atoms with Gasteiger partial charge in [-0.1, -0.05) is 17.2 Å². The van der Waals surface area contributed by atoms with Crippen molar-refractivity contribution in [1.29, 1.82) is 0 Å². The number of hydrogen-bond donors (Lipinski definition) is 1. The number of nitrogens with one attached hydrogen (secondary N) is 1. The van der Waals surface area contributed by atoms with Gasteiger partial charge in [0.2, 0.25) is 5.89 Å². The minimum absolute atomic E-state index is 0.0347. The van der Waals surface area contributed by atoms with Crippen molar-refractivity contribution in [3.05, 3.63) is 65.0 Å². The number of benzene rings is 2. The smallest absolute Gasteiger partial charge is 0.322 e. The Labute approximate surface area is 132 Å². The molecule has 1 amide bonds. The topological polar surface area (TPSA) is 68.0 Å². The Kier molecular flexibility index (Phi) is 3.89. The molecule has 0 radical (unpaired) electrons. The predicted octanol–water partition coefficient (Wildman–Crippen LogP) is 3.74. The van der Waals surface area contributed by atoms with Crippen LogP contribution in [0.4, 0.5) is 10.4 Å². The van der Waals surface area contributed by atoms with Crippen molar-refractivity contribution in [2.24, 2.45) is 0 Å². The highest BCUT2D eigenvalue weighted by Crippen LogP contribution is 2.21. The van der Waals surface area contributed by atoms with E-state index in [1.807, 2.05) is 19.9 Å². The normalized spacial score (nSPS) is 10.6. The number of carbonyl (C=O) groups excluding carboxylic acids is 1. The van der Waals surface area contributed by atoms with Crippen LogP contribution in [0.2, 0.25) is 0 Å². The first-order chi connectivity index (χ1) is 11.0. The molecular formula is C17H14FN3O2. The first kappa shape index (κ1) is 14.9. The van der Waals surface area contributed by atoms with Crippen molar-refractivity contribution >= 4 is 11.9 Å². The third-order valence-corrected chi connectivity index (χ3v) is 3.49. The molecule has 23 heavy (non-hydrogen) atoms. The Morgan fingerprint density at radius 3 is 2.65 bits per heavy atom. The Hall–Kier alpha value is -3.02. The molecule has 0 aliphatic rings. The Bertz CT molecular complexity index is 874. The zero-order chi connectivity index (χ0) is 16.4. The molecule has 0 bridgehead atoms. The fraction of sp³-hybridized carbons (Fsp3) is 0.118. The van der Waals surface area contributed by atoms with Gasteiger partial charge in [0.1, 0.15) is 5.82 Å². The van der Waals surface area contributed by atoms with Crippen molar-refractivity contribution in [2.75, 3.05) is 5.32 Å². The lowest BCUT2D eigenvalue weighted by Gasteiger charge is -2.04. The summed E-state index contributed by atoms with van der Waals surface area (Å²) in [5.41, 5.74) is 3.07. The van der Waals surface area contributed by atoms with E-state index in [4.69, 9.17) is 4.42 Å². The summed E-state index contributed by atoms with van der Waals surface area (Å²) in [7, 11) is 0. The highest BCUT2D eigenvalue weighted by Gasteiger charge is 2.13. The van der Waals surface area contributed by atoms with Crippen molar-refractivity contribution in [2.45, 2.75) is 13.8 Å². The summed E-state index contributed by atoms with van der Waals surface area (Å²) in [4.78, 5) is 12.2. The standard InChI is InChI=1S/C17H14FN3O2/c1-10-6-7-12(8-11(10)2)15(22)19-17-21-20-16(23-17)13-4-3-5-14(18)9-13/h3-9H,1-2H3,(H,19,21,22). The van der Waals surface area contributed by atoms with Gasteiger partial charge in [-0.2, -0.15) is 0 Å². The molecule has 5 nitrogen and oxygen atoms in total. The second-order valence-corrected chi connectivity index (χ2v) is 5.18. The number of carbonyl (C=O) groups is 1. The number of nitrogens with zero attached hydrogens (tertiary/aromatic N) is 2. The van der Waals surface area contributed by atoms with Crippen LogP contribution < -0.4 is 5.32 Å². The lowest BCUT2D eigenvalue weighted by Crippen LogP contribution is -2.12. The summed E-state index contributed by atoms with van der Waals surface area (Å²) in [5.74, 6) is -0.608. The molecule has 0 saturated heterocycles. The van der Waals surface area contributed by atoms with Gasteiger partial charge in [0.25, 0.3) is 5.91 Å². The van der Waals surface area contributed by atoms with Crippen LogP contribution in [0.15, 0.2) is 46.9 Å². The van der Waals surface area contributed by atoms with E-state index in [1.54, 1.807) is 24.3 Å². The van der Waals surface area contributed by atoms with Gasteiger partial charge < -0.3 is 4.42 Å². The Morgan fingerprint density at radius 1 is 1.09 bits per heavy atom. The molecule has 116 valence electrons. The SMILES string of the molecule is Cc1ccc(C(=O)Nc2nnc(-c3cccc(F)c3)o2)cc1C. The molecule has 0 fully saturated rings. The molecule has 0 saturated carbocycles. The van der Waals surface area contributed by atoms with E-state index < -0.39 is 5.82 Å². The van der Waals surface area contributed by atoms with Crippen LogP contribution in [0.5, 0.6) is 0 Å². The third kappa shape index (κ3) is 3.26. The number of aromatic nitrogens is 2. The predicted molar refractivity (Wildman–Crippen MR) is 83.6 cm³/mol. The van der Waals surface area contributed by atoms with Crippen LogP contribution in [0, 0.1) is 19.7 Å². The molecule has 2 aromatic carbocycles. The maximum Gasteiger partial charge on any atom is 0.322 e. The van der Waals surface area contributed by atoms with E-state index in [9.17, 15) is 9.18 Å². The molecule has 1 aromatic heterocycles. The van der Waals surface area contributed by atoms with Gasteiger partial charge in [-0.05, 0) is 55.3 Å². The molecule has 0 unspecified atom stereocenters. The fourth-order valence-electron chi connectivity index (χ4n) is 2.06. The average molecular weight is 311 g/mol. The minimum Gasteiger partial charge on any atom is -0.403 e. The summed E-state index contributed by atoms with van der Waals surface area (Å²) in [6.45, 7) is 3.90. The monoisotopic (exact) mass is 311 g/mol. The van der Waals surface area contributed by atoms with E-state index in [-0.39, 0.29) is 17.8 Å². The Morgan fingerprint density at radius 2 is 1.91 bits per heavy atom. The van der Waals surface area contributed by atoms with E-state index in [1.165, 1.54) is 12.1 Å². The number of hydrogen-bond acceptors (Lipinski definition) is 4. The van der Waals surface area contributed by atoms with E-state index in [0.29, 0.717) is 11.1 Å². The fourth-order valence-corrected chi connectivity index (χ4v) is 2.06. The molecule has 3 rings (SSSR count). The van der Waals surface area contributed by atoms with E-state index in [2.05, 4.69) is 15.5 Å². The van der Waals surface area contributed by atoms with Crippen LogP contribution in [0.1, 0.15) is 21.5 Å². The van der Waals surface area contributed by atoms with Gasteiger partial charge in [0, 0.05) is 11.1 Å². The number of amides is 1. The molecule has 0 aliphatic carbocycles. The van der Waals surface area contributed by atoms with Crippen molar-refractivity contribution in [3.63, 3.8) is 0 Å². The van der Waals surface area contributed by atoms with Crippen LogP contribution in [0.25, 0.3) is 11.5 Å². The van der Waals surface area contributed by atoms with Gasteiger partial charge in [-0.15, -0.1) is 5.10 Å². The van der Waals surface area contributed by atoms with Crippen molar-refractivity contribution in [1.82, 2.24) is 10.2 Å². The molecule has 6 heteroatoms. The van der Waals surface area contributed by atoms with Gasteiger partial charge >= 0.3 is 6.01 Å². The maximum atomic E-state index is 13.2.